The summed E-state index contributed by atoms with van der Waals surface area (Å²) in [5.41, 5.74) is 3.46. The van der Waals surface area contributed by atoms with E-state index in [0.29, 0.717) is 4.47 Å². The molecule has 9 heteroatoms. The van der Waals surface area contributed by atoms with Crippen molar-refractivity contribution in [1.29, 1.82) is 0 Å². The van der Waals surface area contributed by atoms with Gasteiger partial charge in [0.05, 0.1) is 11.6 Å². The number of esters is 1. The highest BCUT2D eigenvalue weighted by Crippen LogP contribution is 2.18. The van der Waals surface area contributed by atoms with Crippen molar-refractivity contribution in [3.63, 3.8) is 0 Å². The fraction of sp³-hybridized carbons (Fsp3) is 0.235. The van der Waals surface area contributed by atoms with E-state index in [1.165, 1.54) is 24.9 Å². The number of nitrogens with one attached hydrogen (secondary N) is 2. The molecule has 1 atom stereocenters. The van der Waals surface area contributed by atoms with Crippen LogP contribution in [0.25, 0.3) is 0 Å². The highest BCUT2D eigenvalue weighted by molar-refractivity contribution is 9.10. The minimum atomic E-state index is -0.884. The number of halogens is 1. The van der Waals surface area contributed by atoms with Gasteiger partial charge in [0.25, 0.3) is 5.91 Å². The second-order valence-electron chi connectivity index (χ2n) is 5.28. The Labute approximate surface area is 158 Å². The van der Waals surface area contributed by atoms with Gasteiger partial charge in [-0.1, -0.05) is 30.3 Å². The SMILES string of the molecule is COC(=O)c1c(Br)ccn1NC(=O)C(C)NC(=O)OCc1ccccc1. The maximum atomic E-state index is 12.2. The van der Waals surface area contributed by atoms with Crippen LogP contribution in [0.4, 0.5) is 4.79 Å². The van der Waals surface area contributed by atoms with Crippen LogP contribution in [0.5, 0.6) is 0 Å². The second kappa shape index (κ2) is 9.04. The molecule has 138 valence electrons. The van der Waals surface area contributed by atoms with E-state index < -0.39 is 24.0 Å². The number of alkyl carbamates (subject to hydrolysis) is 1. The summed E-state index contributed by atoms with van der Waals surface area (Å²) in [6.45, 7) is 1.59. The molecule has 1 unspecified atom stereocenters. The van der Waals surface area contributed by atoms with Gasteiger partial charge >= 0.3 is 12.1 Å². The monoisotopic (exact) mass is 423 g/mol. The van der Waals surface area contributed by atoms with Crippen molar-refractivity contribution in [3.05, 3.63) is 58.3 Å². The zero-order valence-corrected chi connectivity index (χ0v) is 15.8. The molecule has 0 aliphatic rings. The topological polar surface area (TPSA) is 98.7 Å². The van der Waals surface area contributed by atoms with E-state index in [2.05, 4.69) is 31.4 Å². The predicted molar refractivity (Wildman–Crippen MR) is 97.1 cm³/mol. The molecule has 0 radical (unpaired) electrons. The molecule has 1 heterocycles. The van der Waals surface area contributed by atoms with Crippen LogP contribution in [-0.2, 0) is 20.9 Å². The quantitative estimate of drug-likeness (QED) is 0.695. The zero-order chi connectivity index (χ0) is 19.1. The Kier molecular flexibility index (Phi) is 6.79. The highest BCUT2D eigenvalue weighted by atomic mass is 79.9. The maximum Gasteiger partial charge on any atom is 0.408 e. The van der Waals surface area contributed by atoms with Crippen LogP contribution in [0.1, 0.15) is 23.0 Å². The van der Waals surface area contributed by atoms with Crippen LogP contribution in [0.3, 0.4) is 0 Å². The number of hydrogen-bond acceptors (Lipinski definition) is 5. The summed E-state index contributed by atoms with van der Waals surface area (Å²) in [5.74, 6) is -1.15. The second-order valence-corrected chi connectivity index (χ2v) is 6.13. The first-order valence-electron chi connectivity index (χ1n) is 7.65. The summed E-state index contributed by atoms with van der Waals surface area (Å²) in [5, 5.41) is 2.43. The number of carbonyl (C=O) groups excluding carboxylic acids is 3. The average Bonchev–Trinajstić information content (AvgIpc) is 3.00. The minimum Gasteiger partial charge on any atom is -0.464 e. The van der Waals surface area contributed by atoms with Gasteiger partial charge in [0.1, 0.15) is 12.6 Å². The Bertz CT molecular complexity index is 791. The van der Waals surface area contributed by atoms with Gasteiger partial charge in [-0.15, -0.1) is 0 Å². The molecule has 1 aromatic heterocycles. The van der Waals surface area contributed by atoms with Gasteiger partial charge in [-0.2, -0.15) is 0 Å². The molecule has 0 spiro atoms. The number of carbonyl (C=O) groups is 3. The summed E-state index contributed by atoms with van der Waals surface area (Å²) in [6, 6.07) is 9.87. The third-order valence-corrected chi connectivity index (χ3v) is 4.03. The Morgan fingerprint density at radius 1 is 1.19 bits per heavy atom. The third kappa shape index (κ3) is 5.09. The highest BCUT2D eigenvalue weighted by Gasteiger charge is 2.21. The van der Waals surface area contributed by atoms with E-state index in [1.54, 1.807) is 6.07 Å². The number of methoxy groups -OCH3 is 1. The molecular formula is C17H18BrN3O5. The lowest BCUT2D eigenvalue weighted by Crippen LogP contribution is -2.44. The van der Waals surface area contributed by atoms with Crippen molar-refractivity contribution in [2.45, 2.75) is 19.6 Å². The summed E-state index contributed by atoms with van der Waals surface area (Å²) >= 11 is 3.21. The molecule has 2 amide bonds. The number of ether oxygens (including phenoxy) is 2. The fourth-order valence-corrected chi connectivity index (χ4v) is 2.49. The van der Waals surface area contributed by atoms with E-state index in [9.17, 15) is 14.4 Å². The van der Waals surface area contributed by atoms with Gasteiger partial charge in [-0.3, -0.25) is 14.9 Å². The van der Waals surface area contributed by atoms with Gasteiger partial charge in [0.15, 0.2) is 5.69 Å². The zero-order valence-electron chi connectivity index (χ0n) is 14.2. The summed E-state index contributed by atoms with van der Waals surface area (Å²) in [4.78, 5) is 35.8. The lowest BCUT2D eigenvalue weighted by Gasteiger charge is -2.16. The van der Waals surface area contributed by atoms with E-state index >= 15 is 0 Å². The molecule has 26 heavy (non-hydrogen) atoms. The predicted octanol–water partition coefficient (Wildman–Crippen LogP) is 2.42. The molecule has 0 saturated heterocycles. The van der Waals surface area contributed by atoms with Gasteiger partial charge in [0, 0.05) is 6.20 Å². The first-order chi connectivity index (χ1) is 12.4. The van der Waals surface area contributed by atoms with E-state index in [1.807, 2.05) is 30.3 Å². The molecular weight excluding hydrogens is 406 g/mol. The fourth-order valence-electron chi connectivity index (χ4n) is 2.02. The van der Waals surface area contributed by atoms with Crippen LogP contribution < -0.4 is 10.7 Å². The maximum absolute atomic E-state index is 12.2. The van der Waals surface area contributed by atoms with Gasteiger partial charge in [-0.05, 0) is 34.5 Å². The van der Waals surface area contributed by atoms with E-state index in [0.717, 1.165) is 5.56 Å². The normalized spacial score (nSPS) is 11.3. The van der Waals surface area contributed by atoms with Crippen LogP contribution in [0.2, 0.25) is 0 Å². The molecule has 0 saturated carbocycles. The smallest absolute Gasteiger partial charge is 0.408 e. The first kappa shape index (κ1) is 19.5. The van der Waals surface area contributed by atoms with Crippen molar-refractivity contribution in [3.8, 4) is 0 Å². The molecule has 8 nitrogen and oxygen atoms in total. The van der Waals surface area contributed by atoms with E-state index in [4.69, 9.17) is 4.74 Å². The molecule has 2 N–H and O–H groups in total. The molecule has 2 aromatic rings. The minimum absolute atomic E-state index is 0.0953. The Morgan fingerprint density at radius 3 is 2.54 bits per heavy atom. The first-order valence-corrected chi connectivity index (χ1v) is 8.45. The van der Waals surface area contributed by atoms with Gasteiger partial charge < -0.3 is 14.8 Å². The van der Waals surface area contributed by atoms with Gasteiger partial charge in [0.2, 0.25) is 0 Å². The number of hydrogen-bond donors (Lipinski definition) is 2. The van der Waals surface area contributed by atoms with Crippen molar-refractivity contribution in [2.24, 2.45) is 0 Å². The molecule has 0 bridgehead atoms. The van der Waals surface area contributed by atoms with Crippen molar-refractivity contribution in [2.75, 3.05) is 12.5 Å². The Hall–Kier alpha value is -2.81. The molecule has 0 aliphatic carbocycles. The van der Waals surface area contributed by atoms with Crippen molar-refractivity contribution in [1.82, 2.24) is 9.99 Å². The number of aromatic nitrogens is 1. The van der Waals surface area contributed by atoms with Crippen LogP contribution >= 0.6 is 15.9 Å². The molecule has 1 aromatic carbocycles. The molecule has 0 aliphatic heterocycles. The molecule has 2 rings (SSSR count). The van der Waals surface area contributed by atoms with Crippen LogP contribution in [-0.4, -0.2) is 35.8 Å². The van der Waals surface area contributed by atoms with Crippen LogP contribution in [0, 0.1) is 0 Å². The number of benzene rings is 1. The Balaban J connectivity index is 1.89. The Morgan fingerprint density at radius 2 is 1.88 bits per heavy atom. The lowest BCUT2D eigenvalue weighted by molar-refractivity contribution is -0.118. The van der Waals surface area contributed by atoms with E-state index in [-0.39, 0.29) is 12.3 Å². The number of rotatable bonds is 6. The van der Waals surface area contributed by atoms with Gasteiger partial charge in [-0.25, -0.2) is 9.59 Å². The standard InChI is InChI=1S/C17H18BrN3O5/c1-11(19-17(24)26-10-12-6-4-3-5-7-12)15(22)20-21-9-8-13(18)14(21)16(23)25-2/h3-9,11H,10H2,1-2H3,(H,19,24)(H,20,22). The lowest BCUT2D eigenvalue weighted by atomic mass is 10.2. The third-order valence-electron chi connectivity index (χ3n) is 3.39. The average molecular weight is 424 g/mol. The summed E-state index contributed by atoms with van der Waals surface area (Å²) in [6.07, 6.45) is 0.757. The van der Waals surface area contributed by atoms with Crippen molar-refractivity contribution >= 4 is 33.9 Å². The summed E-state index contributed by atoms with van der Waals surface area (Å²) in [7, 11) is 1.24. The number of nitrogens with zero attached hydrogens (tertiary/aromatic N) is 1. The molecule has 0 fully saturated rings. The number of amides is 2. The van der Waals surface area contributed by atoms with Crippen molar-refractivity contribution < 1.29 is 23.9 Å². The summed E-state index contributed by atoms with van der Waals surface area (Å²) < 4.78 is 11.4. The van der Waals surface area contributed by atoms with Crippen LogP contribution in [0.15, 0.2) is 47.1 Å². The largest absolute Gasteiger partial charge is 0.464 e.